The lowest BCUT2D eigenvalue weighted by Gasteiger charge is -2.14. The first-order valence-electron chi connectivity index (χ1n) is 24.7. The lowest BCUT2D eigenvalue weighted by molar-refractivity contribution is 1.17. The van der Waals surface area contributed by atoms with Gasteiger partial charge in [-0.15, -0.1) is 0 Å². The van der Waals surface area contributed by atoms with Gasteiger partial charge in [0, 0.05) is 32.9 Å². The number of benzene rings is 9. The van der Waals surface area contributed by atoms with Crippen LogP contribution in [0.4, 0.5) is 0 Å². The van der Waals surface area contributed by atoms with E-state index < -0.39 is 60.4 Å². The third-order valence-corrected chi connectivity index (χ3v) is 10.3. The van der Waals surface area contributed by atoms with Gasteiger partial charge in [0.15, 0.2) is 0 Å². The molecule has 2 heterocycles. The number of rotatable bonds is 6. The summed E-state index contributed by atoms with van der Waals surface area (Å²) in [5, 5.41) is 0.129. The van der Waals surface area contributed by atoms with Crippen LogP contribution in [-0.2, 0) is 0 Å². The maximum atomic E-state index is 10.4. The Labute approximate surface area is 344 Å². The third kappa shape index (κ3) is 5.19. The fourth-order valence-corrected chi connectivity index (χ4v) is 7.80. The maximum absolute atomic E-state index is 10.4. The van der Waals surface area contributed by atoms with Gasteiger partial charge in [-0.2, -0.15) is 0 Å². The predicted molar refractivity (Wildman–Crippen MR) is 237 cm³/mol. The van der Waals surface area contributed by atoms with E-state index in [0.717, 1.165) is 22.3 Å². The van der Waals surface area contributed by atoms with Gasteiger partial charge in [-0.05, 0) is 99.0 Å². The molecule has 0 unspecified atom stereocenters. The minimum Gasteiger partial charge on any atom is -0.309 e. The Balaban J connectivity index is 1.40. The molecule has 262 valence electrons. The lowest BCUT2D eigenvalue weighted by Crippen LogP contribution is -1.97. The van der Waals surface area contributed by atoms with Crippen LogP contribution in [0.3, 0.4) is 0 Å². The number of para-hydroxylation sites is 1. The van der Waals surface area contributed by atoms with Gasteiger partial charge in [0.2, 0.25) is 0 Å². The number of hydrogen-bond donors (Lipinski definition) is 0. The molecule has 0 N–H and O–H groups in total. The van der Waals surface area contributed by atoms with E-state index in [4.69, 9.17) is 4.11 Å². The Kier molecular flexibility index (Phi) is 5.04. The first-order valence-corrected chi connectivity index (χ1v) is 18.2. The summed E-state index contributed by atoms with van der Waals surface area (Å²) in [5.74, 6) is 0. The molecule has 0 fully saturated rings. The highest BCUT2D eigenvalue weighted by Gasteiger charge is 2.21. The van der Waals surface area contributed by atoms with Gasteiger partial charge < -0.3 is 9.13 Å². The largest absolute Gasteiger partial charge is 0.309 e. The van der Waals surface area contributed by atoms with Crippen molar-refractivity contribution in [2.24, 2.45) is 0 Å². The first kappa shape index (κ1) is 21.5. The second-order valence-electron chi connectivity index (χ2n) is 13.5. The minimum absolute atomic E-state index is 0.0111. The van der Waals surface area contributed by atoms with Crippen molar-refractivity contribution in [2.75, 3.05) is 0 Å². The molecule has 0 aliphatic heterocycles. The smallest absolute Gasteiger partial charge is 0.0652 e. The Morgan fingerprint density at radius 2 is 0.768 bits per heavy atom. The van der Waals surface area contributed by atoms with Crippen LogP contribution in [0.15, 0.2) is 218 Å². The number of aromatic nitrogens is 2. The highest BCUT2D eigenvalue weighted by atomic mass is 15.0. The van der Waals surface area contributed by atoms with Gasteiger partial charge in [0.05, 0.1) is 39.9 Å². The van der Waals surface area contributed by atoms with Gasteiger partial charge in [0.1, 0.15) is 0 Å². The summed E-state index contributed by atoms with van der Waals surface area (Å²) in [5.41, 5.74) is 4.30. The minimum atomic E-state index is -0.636. The van der Waals surface area contributed by atoms with Crippen molar-refractivity contribution < 1.29 is 17.8 Å². The molecule has 0 aliphatic carbocycles. The van der Waals surface area contributed by atoms with Gasteiger partial charge >= 0.3 is 0 Å². The maximum Gasteiger partial charge on any atom is 0.0652 e. The van der Waals surface area contributed by atoms with Crippen LogP contribution >= 0.6 is 0 Å². The molecule has 9 aromatic carbocycles. The van der Waals surface area contributed by atoms with E-state index >= 15 is 0 Å². The normalized spacial score (nSPS) is 14.8. The highest BCUT2D eigenvalue weighted by Crippen LogP contribution is 2.43. The van der Waals surface area contributed by atoms with Crippen LogP contribution in [0.1, 0.15) is 17.8 Å². The van der Waals surface area contributed by atoms with Crippen molar-refractivity contribution in [2.45, 2.75) is 0 Å². The van der Waals surface area contributed by atoms with Crippen LogP contribution in [0.25, 0.3) is 99.5 Å². The summed E-state index contributed by atoms with van der Waals surface area (Å²) in [6.45, 7) is 0. The summed E-state index contributed by atoms with van der Waals surface area (Å²) >= 11 is 0. The lowest BCUT2D eigenvalue weighted by atomic mass is 9.98. The third-order valence-electron chi connectivity index (χ3n) is 10.3. The Morgan fingerprint density at radius 3 is 1.32 bits per heavy atom. The molecule has 0 radical (unpaired) electrons. The summed E-state index contributed by atoms with van der Waals surface area (Å²) in [7, 11) is 0. The SMILES string of the molecule is [2H]c1c([2H])c([2H])c2c(c1[2H])c1c(-c3ccccc3)c([2H])c([2H])c([2H])c1n2-c1c([2H])c([2H])c2c(c1[2H])c1c(-c3ccccc3)c([2H])c([2H])c([2H])c1n2-c1cc(-c2ccccc2)cc(-c2ccccc2)c1. The zero-order chi connectivity index (χ0) is 48.3. The second-order valence-corrected chi connectivity index (χ2v) is 13.5. The molecule has 0 bridgehead atoms. The van der Waals surface area contributed by atoms with E-state index in [9.17, 15) is 13.7 Å². The van der Waals surface area contributed by atoms with Crippen molar-refractivity contribution in [3.05, 3.63) is 218 Å². The van der Waals surface area contributed by atoms with Gasteiger partial charge in [-0.25, -0.2) is 0 Å². The topological polar surface area (TPSA) is 9.86 Å². The summed E-state index contributed by atoms with van der Waals surface area (Å²) in [6, 6.07) is 36.3. The molecule has 11 aromatic rings. The first-order chi connectivity index (χ1) is 33.2. The average Bonchev–Trinajstić information content (AvgIpc) is 3.91. The summed E-state index contributed by atoms with van der Waals surface area (Å²) in [4.78, 5) is 0. The van der Waals surface area contributed by atoms with Gasteiger partial charge in [-0.1, -0.05) is 164 Å². The van der Waals surface area contributed by atoms with Gasteiger partial charge in [-0.3, -0.25) is 0 Å². The predicted octanol–water partition coefficient (Wildman–Crippen LogP) is 14.5. The Morgan fingerprint density at radius 1 is 0.321 bits per heavy atom. The van der Waals surface area contributed by atoms with Gasteiger partial charge in [0.25, 0.3) is 0 Å². The van der Waals surface area contributed by atoms with E-state index in [2.05, 4.69) is 0 Å². The summed E-state index contributed by atoms with van der Waals surface area (Å²) < 4.78 is 126. The molecule has 56 heavy (non-hydrogen) atoms. The van der Waals surface area contributed by atoms with Crippen LogP contribution in [0.5, 0.6) is 0 Å². The van der Waals surface area contributed by atoms with E-state index in [1.54, 1.807) is 65.2 Å². The second kappa shape index (κ2) is 13.2. The number of hydrogen-bond acceptors (Lipinski definition) is 0. The van der Waals surface area contributed by atoms with E-state index in [1.807, 2.05) is 78.9 Å². The van der Waals surface area contributed by atoms with Crippen molar-refractivity contribution in [3.63, 3.8) is 0 Å². The molecule has 0 aliphatic rings. The van der Waals surface area contributed by atoms with Crippen molar-refractivity contribution in [3.8, 4) is 55.9 Å². The zero-order valence-electron chi connectivity index (χ0n) is 42.7. The van der Waals surface area contributed by atoms with Crippen molar-refractivity contribution in [1.82, 2.24) is 9.13 Å². The molecule has 0 amide bonds. The average molecular weight is 726 g/mol. The van der Waals surface area contributed by atoms with Crippen molar-refractivity contribution >= 4 is 43.6 Å². The molecule has 0 spiro atoms. The van der Waals surface area contributed by atoms with E-state index in [-0.39, 0.29) is 78.6 Å². The zero-order valence-corrected chi connectivity index (χ0v) is 29.7. The fourth-order valence-electron chi connectivity index (χ4n) is 7.80. The van der Waals surface area contributed by atoms with Crippen LogP contribution in [0.2, 0.25) is 0 Å². The summed E-state index contributed by atoms with van der Waals surface area (Å²) in [6.07, 6.45) is 0. The number of nitrogens with zero attached hydrogens (tertiary/aromatic N) is 2. The van der Waals surface area contributed by atoms with Crippen LogP contribution in [0, 0.1) is 0 Å². The molecule has 2 nitrogen and oxygen atoms in total. The van der Waals surface area contributed by atoms with Crippen LogP contribution in [-0.4, -0.2) is 9.13 Å². The molecule has 2 heteroatoms. The molecule has 0 saturated carbocycles. The Hall–Kier alpha value is -7.42. The van der Waals surface area contributed by atoms with E-state index in [0.29, 0.717) is 16.8 Å². The molecule has 0 saturated heterocycles. The monoisotopic (exact) mass is 725 g/mol. The van der Waals surface area contributed by atoms with Crippen molar-refractivity contribution in [1.29, 1.82) is 0 Å². The van der Waals surface area contributed by atoms with Crippen LogP contribution < -0.4 is 0 Å². The standard InChI is InChI=1S/C54H36N2/c1-5-17-37(18-6-1)41-33-42(38-19-7-2-8-20-38)35-44(34-41)56-50-32-31-43(36-48(50)54-46(27-16-30-52(54)56)40-23-11-4-12-24-40)55-49-28-14-13-25-47(49)53-45(26-15-29-51(53)55)39-21-9-3-10-22-39/h1-36H/i13D,14D,15D,16D,25D,26D,27D,28D,29D,30D,31D,32D,36D. The van der Waals surface area contributed by atoms with E-state index in [1.165, 1.54) is 4.57 Å². The fraction of sp³-hybridized carbons (Fsp3) is 0. The molecular formula is C54H36N2. The molecule has 2 aromatic heterocycles. The number of fused-ring (bicyclic) bond motifs is 6. The highest BCUT2D eigenvalue weighted by molar-refractivity contribution is 6.18. The quantitative estimate of drug-likeness (QED) is 0.162. The molecule has 11 rings (SSSR count). The Bertz CT molecular complexity index is 3910. The molecule has 0 atom stereocenters. The molecular weight excluding hydrogens is 677 g/mol.